The highest BCUT2D eigenvalue weighted by atomic mass is 16.5. The van der Waals surface area contributed by atoms with E-state index in [1.165, 1.54) is 5.57 Å². The molecule has 5 heteroatoms. The zero-order chi connectivity index (χ0) is 13.8. The van der Waals surface area contributed by atoms with E-state index in [2.05, 4.69) is 34.9 Å². The molecule has 1 aromatic heterocycles. The van der Waals surface area contributed by atoms with Gasteiger partial charge in [0.2, 0.25) is 0 Å². The smallest absolute Gasteiger partial charge is 0.147 e. The fourth-order valence-corrected chi connectivity index (χ4v) is 2.30. The lowest BCUT2D eigenvalue weighted by molar-refractivity contribution is -0.0342. The van der Waals surface area contributed by atoms with Crippen LogP contribution < -0.4 is 0 Å². The van der Waals surface area contributed by atoms with E-state index in [0.717, 1.165) is 44.4 Å². The van der Waals surface area contributed by atoms with Gasteiger partial charge >= 0.3 is 0 Å². The zero-order valence-corrected chi connectivity index (χ0v) is 12.4. The van der Waals surface area contributed by atoms with Crippen LogP contribution in [0.1, 0.15) is 25.5 Å². The molecule has 0 spiro atoms. The number of rotatable bonds is 4. The van der Waals surface area contributed by atoms with Crippen molar-refractivity contribution in [2.75, 3.05) is 26.2 Å². The first-order chi connectivity index (χ1) is 9.04. The van der Waals surface area contributed by atoms with E-state index < -0.39 is 0 Å². The lowest BCUT2D eigenvalue weighted by Crippen LogP contribution is -2.44. The van der Waals surface area contributed by atoms with Crippen molar-refractivity contribution < 1.29 is 4.74 Å². The Kier molecular flexibility index (Phi) is 4.71. The molecule has 2 heterocycles. The first-order valence-electron chi connectivity index (χ1n) is 6.90. The predicted molar refractivity (Wildman–Crippen MR) is 75.1 cm³/mol. The van der Waals surface area contributed by atoms with Gasteiger partial charge in [0, 0.05) is 19.6 Å². The zero-order valence-electron chi connectivity index (χ0n) is 12.4. The summed E-state index contributed by atoms with van der Waals surface area (Å²) in [7, 11) is 0. The molecule has 0 saturated carbocycles. The van der Waals surface area contributed by atoms with Gasteiger partial charge in [-0.15, -0.1) is 0 Å². The number of nitrogens with zero attached hydrogens (tertiary/aromatic N) is 4. The van der Waals surface area contributed by atoms with Crippen LogP contribution in [-0.2, 0) is 11.3 Å². The maximum Gasteiger partial charge on any atom is 0.147 e. The van der Waals surface area contributed by atoms with E-state index in [1.54, 1.807) is 0 Å². The summed E-state index contributed by atoms with van der Waals surface area (Å²) in [6, 6.07) is 0. The molecule has 1 aliphatic heterocycles. The fraction of sp³-hybridized carbons (Fsp3) is 0.714. The third-order valence-electron chi connectivity index (χ3n) is 3.32. The number of hydrogen-bond acceptors (Lipinski definition) is 4. The maximum absolute atomic E-state index is 5.83. The summed E-state index contributed by atoms with van der Waals surface area (Å²) in [4.78, 5) is 6.76. The van der Waals surface area contributed by atoms with Gasteiger partial charge in [0.1, 0.15) is 11.6 Å². The second-order valence-corrected chi connectivity index (χ2v) is 5.42. The van der Waals surface area contributed by atoms with Crippen LogP contribution in [0.4, 0.5) is 0 Å². The topological polar surface area (TPSA) is 43.2 Å². The fourth-order valence-electron chi connectivity index (χ4n) is 2.30. The molecule has 0 aliphatic carbocycles. The Labute approximate surface area is 115 Å². The number of aryl methyl sites for hydroxylation is 2. The molecule has 0 bridgehead atoms. The van der Waals surface area contributed by atoms with Crippen LogP contribution in [0.2, 0.25) is 0 Å². The molecule has 0 radical (unpaired) electrons. The summed E-state index contributed by atoms with van der Waals surface area (Å²) in [5, 5.41) is 4.40. The Morgan fingerprint density at radius 1 is 1.42 bits per heavy atom. The molecule has 19 heavy (non-hydrogen) atoms. The average molecular weight is 264 g/mol. The van der Waals surface area contributed by atoms with Crippen LogP contribution in [0.15, 0.2) is 11.6 Å². The Balaban J connectivity index is 1.90. The minimum Gasteiger partial charge on any atom is -0.374 e. The Hall–Kier alpha value is -1.20. The van der Waals surface area contributed by atoms with Crippen molar-refractivity contribution >= 4 is 0 Å². The minimum atomic E-state index is 0.208. The van der Waals surface area contributed by atoms with Crippen molar-refractivity contribution in [2.45, 2.75) is 40.3 Å². The quantitative estimate of drug-likeness (QED) is 0.774. The molecule has 0 N–H and O–H groups in total. The normalized spacial score (nSPS) is 20.5. The molecular formula is C14H24N4O. The Morgan fingerprint density at radius 3 is 2.84 bits per heavy atom. The van der Waals surface area contributed by atoms with Crippen molar-refractivity contribution in [3.63, 3.8) is 0 Å². The summed E-state index contributed by atoms with van der Waals surface area (Å²) >= 11 is 0. The lowest BCUT2D eigenvalue weighted by atomic mass is 10.2. The SMILES string of the molecule is CC(C)=CCN1CCO[C@H](Cn2nc(C)nc2C)C1. The molecule has 1 fully saturated rings. The minimum absolute atomic E-state index is 0.208. The van der Waals surface area contributed by atoms with Gasteiger partial charge in [-0.2, -0.15) is 5.10 Å². The first-order valence-corrected chi connectivity index (χ1v) is 6.90. The van der Waals surface area contributed by atoms with Crippen LogP contribution in [0, 0.1) is 13.8 Å². The molecule has 0 aromatic carbocycles. The van der Waals surface area contributed by atoms with E-state index in [4.69, 9.17) is 4.74 Å². The molecule has 5 nitrogen and oxygen atoms in total. The molecular weight excluding hydrogens is 240 g/mol. The molecule has 1 saturated heterocycles. The van der Waals surface area contributed by atoms with Crippen LogP contribution in [-0.4, -0.2) is 52.0 Å². The molecule has 2 rings (SSSR count). The number of aromatic nitrogens is 3. The molecule has 0 amide bonds. The standard InChI is InChI=1S/C14H24N4O/c1-11(2)5-6-17-7-8-19-14(9-17)10-18-13(4)15-12(3)16-18/h5,14H,6-10H2,1-4H3/t14-/m0/s1. The summed E-state index contributed by atoms with van der Waals surface area (Å²) < 4.78 is 7.78. The molecule has 1 aliphatic rings. The largest absolute Gasteiger partial charge is 0.374 e. The van der Waals surface area contributed by atoms with E-state index in [0.29, 0.717) is 0 Å². The van der Waals surface area contributed by atoms with Crippen molar-refractivity contribution in [3.05, 3.63) is 23.3 Å². The van der Waals surface area contributed by atoms with Gasteiger partial charge in [-0.1, -0.05) is 11.6 Å². The van der Waals surface area contributed by atoms with Crippen molar-refractivity contribution in [2.24, 2.45) is 0 Å². The van der Waals surface area contributed by atoms with Crippen LogP contribution in [0.5, 0.6) is 0 Å². The number of allylic oxidation sites excluding steroid dienone is 1. The molecule has 0 unspecified atom stereocenters. The third-order valence-corrected chi connectivity index (χ3v) is 3.32. The molecule has 106 valence electrons. The number of ether oxygens (including phenoxy) is 1. The summed E-state index contributed by atoms with van der Waals surface area (Å²) in [6.45, 7) is 12.8. The monoisotopic (exact) mass is 264 g/mol. The highest BCUT2D eigenvalue weighted by Crippen LogP contribution is 2.09. The van der Waals surface area contributed by atoms with Crippen LogP contribution >= 0.6 is 0 Å². The maximum atomic E-state index is 5.83. The van der Waals surface area contributed by atoms with Crippen molar-refractivity contribution in [1.29, 1.82) is 0 Å². The molecule has 1 aromatic rings. The van der Waals surface area contributed by atoms with Crippen molar-refractivity contribution in [3.8, 4) is 0 Å². The van der Waals surface area contributed by atoms with E-state index in [1.807, 2.05) is 18.5 Å². The Morgan fingerprint density at radius 2 is 2.21 bits per heavy atom. The van der Waals surface area contributed by atoms with Gasteiger partial charge < -0.3 is 4.74 Å². The van der Waals surface area contributed by atoms with Gasteiger partial charge in [-0.25, -0.2) is 9.67 Å². The summed E-state index contributed by atoms with van der Waals surface area (Å²) in [6.07, 6.45) is 2.48. The van der Waals surface area contributed by atoms with Crippen LogP contribution in [0.3, 0.4) is 0 Å². The predicted octanol–water partition coefficient (Wildman–Crippen LogP) is 1.56. The van der Waals surface area contributed by atoms with Gasteiger partial charge in [-0.05, 0) is 27.7 Å². The second kappa shape index (κ2) is 6.30. The van der Waals surface area contributed by atoms with Gasteiger partial charge in [-0.3, -0.25) is 4.90 Å². The number of morpholine rings is 1. The number of hydrogen-bond donors (Lipinski definition) is 0. The van der Waals surface area contributed by atoms with E-state index in [-0.39, 0.29) is 6.10 Å². The van der Waals surface area contributed by atoms with Gasteiger partial charge in [0.15, 0.2) is 0 Å². The highest BCUT2D eigenvalue weighted by Gasteiger charge is 2.21. The Bertz CT molecular complexity index is 448. The van der Waals surface area contributed by atoms with E-state index in [9.17, 15) is 0 Å². The van der Waals surface area contributed by atoms with Gasteiger partial charge in [0.05, 0.1) is 19.3 Å². The molecule has 1 atom stereocenters. The van der Waals surface area contributed by atoms with E-state index >= 15 is 0 Å². The average Bonchev–Trinajstić information content (AvgIpc) is 2.66. The van der Waals surface area contributed by atoms with Gasteiger partial charge in [0.25, 0.3) is 0 Å². The first kappa shape index (κ1) is 14.2. The summed E-state index contributed by atoms with van der Waals surface area (Å²) in [5.74, 6) is 1.79. The highest BCUT2D eigenvalue weighted by molar-refractivity contribution is 4.95. The third kappa shape index (κ3) is 4.14. The second-order valence-electron chi connectivity index (χ2n) is 5.42. The van der Waals surface area contributed by atoms with Crippen LogP contribution in [0.25, 0.3) is 0 Å². The van der Waals surface area contributed by atoms with Crippen molar-refractivity contribution in [1.82, 2.24) is 19.7 Å². The summed E-state index contributed by atoms with van der Waals surface area (Å²) in [5.41, 5.74) is 1.37. The lowest BCUT2D eigenvalue weighted by Gasteiger charge is -2.32.